The number of carboxylic acids is 4. The van der Waals surface area contributed by atoms with Crippen LogP contribution in [0.1, 0.15) is 6.92 Å². The van der Waals surface area contributed by atoms with E-state index in [-0.39, 0.29) is 83.2 Å². The van der Waals surface area contributed by atoms with Crippen LogP contribution in [-0.4, -0.2) is 124 Å². The zero-order valence-electron chi connectivity index (χ0n) is 18.9. The molecule has 0 aliphatic carbocycles. The fourth-order valence-corrected chi connectivity index (χ4v) is 2.99. The Kier molecular flexibility index (Phi) is 28.8. The Bertz CT molecular complexity index is 663. The van der Waals surface area contributed by atoms with Gasteiger partial charge in [0, 0.05) is 26.2 Å². The minimum Gasteiger partial charge on any atom is -0.549 e. The molecule has 35 heavy (non-hydrogen) atoms. The average molecular weight is 578 g/mol. The number of carbonyl (C=O) groups is 4. The van der Waals surface area contributed by atoms with Crippen molar-refractivity contribution in [2.75, 3.05) is 39.3 Å². The molecule has 0 aromatic carbocycles. The van der Waals surface area contributed by atoms with Gasteiger partial charge in [-0.3, -0.25) is 28.5 Å². The third kappa shape index (κ3) is 22.9. The van der Waals surface area contributed by atoms with Crippen molar-refractivity contribution >= 4 is 39.1 Å². The summed E-state index contributed by atoms with van der Waals surface area (Å²) >= 11 is 0. The maximum absolute atomic E-state index is 10.5. The van der Waals surface area contributed by atoms with Gasteiger partial charge >= 0.3 is 86.2 Å². The second kappa shape index (κ2) is 21.0. The molecule has 0 saturated carbocycles. The monoisotopic (exact) mass is 578 g/mol. The summed E-state index contributed by atoms with van der Waals surface area (Å²) in [4.78, 5) is 76.9. The van der Waals surface area contributed by atoms with Crippen molar-refractivity contribution in [3.63, 3.8) is 0 Å². The largest absolute Gasteiger partial charge is 1.00 e. The Balaban J connectivity index is -0.000000122. The quantitative estimate of drug-likeness (QED) is 0.0787. The van der Waals surface area contributed by atoms with Crippen LogP contribution in [0.3, 0.4) is 0 Å². The van der Waals surface area contributed by atoms with E-state index in [1.54, 1.807) is 0 Å². The molecule has 0 spiro atoms. The number of aliphatic carboxylic acids is 4. The molecule has 0 aliphatic heterocycles. The Hall–Kier alpha value is -0.0200. The molecule has 0 amide bonds. The van der Waals surface area contributed by atoms with E-state index >= 15 is 0 Å². The first-order valence-corrected chi connectivity index (χ1v) is 11.0. The van der Waals surface area contributed by atoms with Crippen molar-refractivity contribution in [3.8, 4) is 0 Å². The van der Waals surface area contributed by atoms with Crippen LogP contribution in [-0.2, 0) is 28.3 Å². The van der Waals surface area contributed by atoms with Crippen LogP contribution in [0.15, 0.2) is 0 Å². The second-order valence-corrected chi connectivity index (χ2v) is 10.3. The maximum atomic E-state index is 10.5. The molecule has 19 nitrogen and oxygen atoms in total. The standard InChI is InChI=1S/C10H16N2O8.C2H8O7P2.2Na.2H2O/c13-7(14)3-11(4-8(15)16)1-2-12(5-9(17)18)6-10(19)20;1-2(3,10(4,5)6)11(7,8)9;;;;/h1-6H2,(H,13,14)(H,15,16)(H,17,18)(H,19,20);3H,1H3,(H2,4,5,6)(H2,7,8,9);;;2*1H2/q;;2*+1;;/p-2. The molecule has 11 N–H and O–H groups in total. The van der Waals surface area contributed by atoms with Crippen molar-refractivity contribution < 1.29 is 143 Å². The molecule has 0 atom stereocenters. The van der Waals surface area contributed by atoms with E-state index in [1.165, 1.54) is 0 Å². The minimum absolute atomic E-state index is 0. The zero-order valence-corrected chi connectivity index (χ0v) is 24.7. The van der Waals surface area contributed by atoms with Crippen LogP contribution < -0.4 is 69.3 Å². The van der Waals surface area contributed by atoms with Crippen LogP contribution >= 0.6 is 15.2 Å². The van der Waals surface area contributed by atoms with Crippen molar-refractivity contribution in [3.05, 3.63) is 0 Å². The Morgan fingerprint density at radius 1 is 0.714 bits per heavy atom. The molecule has 0 radical (unpaired) electrons. The molecule has 0 rings (SSSR count). The first kappa shape index (κ1) is 48.1. The molecule has 0 fully saturated rings. The van der Waals surface area contributed by atoms with Gasteiger partial charge in [0.25, 0.3) is 5.08 Å². The summed E-state index contributed by atoms with van der Waals surface area (Å²) in [6.07, 6.45) is 0. The van der Waals surface area contributed by atoms with E-state index < -0.39 is 70.3 Å². The van der Waals surface area contributed by atoms with Crippen LogP contribution in [0.5, 0.6) is 0 Å². The van der Waals surface area contributed by atoms with Crippen LogP contribution in [0, 0.1) is 0 Å². The molecule has 0 aromatic rings. The summed E-state index contributed by atoms with van der Waals surface area (Å²) in [5.41, 5.74) is 0. The van der Waals surface area contributed by atoms with Gasteiger partial charge in [0.15, 0.2) is 0 Å². The topological polar surface area (TPSA) is 360 Å². The SMILES string of the molecule is CC(O)(P(=O)(O)O)P(=O)(O)O.O.O.O=C([O-])CN(CCN(CC(=O)[O-])CC(=O)O)CC(=O)O.[Na+].[Na+]. The van der Waals surface area contributed by atoms with Crippen molar-refractivity contribution in [1.82, 2.24) is 9.80 Å². The van der Waals surface area contributed by atoms with Gasteiger partial charge in [-0.25, -0.2) is 0 Å². The third-order valence-electron chi connectivity index (χ3n) is 3.26. The Morgan fingerprint density at radius 3 is 1.06 bits per heavy atom. The number of aliphatic hydroxyl groups is 1. The van der Waals surface area contributed by atoms with Gasteiger partial charge in [-0.1, -0.05) is 0 Å². The molecule has 0 bridgehead atoms. The summed E-state index contributed by atoms with van der Waals surface area (Å²) in [7, 11) is -10.4. The number of hydrogen-bond acceptors (Lipinski definition) is 11. The van der Waals surface area contributed by atoms with Gasteiger partial charge in [0.2, 0.25) is 0 Å². The third-order valence-corrected chi connectivity index (χ3v) is 7.03. The molecule has 0 aliphatic rings. The molecule has 0 aromatic heterocycles. The molecule has 0 saturated heterocycles. The summed E-state index contributed by atoms with van der Waals surface area (Å²) in [6, 6.07) is 0. The summed E-state index contributed by atoms with van der Waals surface area (Å²) < 4.78 is 20.5. The molecule has 23 heteroatoms. The molecular weight excluding hydrogens is 552 g/mol. The predicted octanol–water partition coefficient (Wildman–Crippen LogP) is -13.4. The van der Waals surface area contributed by atoms with Gasteiger partial charge in [-0.15, -0.1) is 0 Å². The van der Waals surface area contributed by atoms with Crippen molar-refractivity contribution in [2.24, 2.45) is 0 Å². The number of hydrogen-bond donors (Lipinski definition) is 7. The van der Waals surface area contributed by atoms with Crippen LogP contribution in [0.4, 0.5) is 0 Å². The normalized spacial score (nSPS) is 10.9. The predicted molar refractivity (Wildman–Crippen MR) is 100 cm³/mol. The van der Waals surface area contributed by atoms with E-state index in [2.05, 4.69) is 0 Å². The van der Waals surface area contributed by atoms with Crippen LogP contribution in [0.25, 0.3) is 0 Å². The second-order valence-electron chi connectivity index (χ2n) is 6.01. The summed E-state index contributed by atoms with van der Waals surface area (Å²) in [5, 5.41) is 43.4. The fourth-order valence-electron chi connectivity index (χ4n) is 1.63. The fraction of sp³-hybridized carbons (Fsp3) is 0.667. The summed E-state index contributed by atoms with van der Waals surface area (Å²) in [6.45, 7) is -2.37. The van der Waals surface area contributed by atoms with E-state index in [0.29, 0.717) is 6.92 Å². The minimum atomic E-state index is -5.20. The van der Waals surface area contributed by atoms with Gasteiger partial charge < -0.3 is 65.6 Å². The smallest absolute Gasteiger partial charge is 0.549 e. The van der Waals surface area contributed by atoms with Crippen LogP contribution in [0.2, 0.25) is 0 Å². The first-order chi connectivity index (χ1) is 13.7. The van der Waals surface area contributed by atoms with Crippen molar-refractivity contribution in [1.29, 1.82) is 0 Å². The van der Waals surface area contributed by atoms with E-state index in [0.717, 1.165) is 9.80 Å². The first-order valence-electron chi connectivity index (χ1n) is 7.82. The van der Waals surface area contributed by atoms with Gasteiger partial charge in [-0.05, 0) is 6.92 Å². The molecular formula is C12H26N2Na2O17P2. The zero-order chi connectivity index (χ0) is 25.2. The molecule has 198 valence electrons. The van der Waals surface area contributed by atoms with E-state index in [9.17, 15) is 38.5 Å². The summed E-state index contributed by atoms with van der Waals surface area (Å²) in [5.74, 6) is -5.52. The maximum Gasteiger partial charge on any atom is 1.00 e. The van der Waals surface area contributed by atoms with Gasteiger partial charge in [0.05, 0.1) is 25.0 Å². The molecule has 0 unspecified atom stereocenters. The van der Waals surface area contributed by atoms with E-state index in [1.807, 2.05) is 0 Å². The number of rotatable bonds is 13. The van der Waals surface area contributed by atoms with Gasteiger partial charge in [-0.2, -0.15) is 0 Å². The van der Waals surface area contributed by atoms with Gasteiger partial charge in [0.1, 0.15) is 0 Å². The molecule has 0 heterocycles. The Morgan fingerprint density at radius 2 is 0.943 bits per heavy atom. The number of nitrogens with zero attached hydrogens (tertiary/aromatic N) is 2. The number of carbonyl (C=O) groups excluding carboxylic acids is 2. The Labute approximate surface area is 242 Å². The average Bonchev–Trinajstić information content (AvgIpc) is 2.48. The number of carboxylic acid groups (broad SMARTS) is 4. The van der Waals surface area contributed by atoms with Crippen molar-refractivity contribution in [2.45, 2.75) is 12.0 Å². The van der Waals surface area contributed by atoms with E-state index in [4.69, 9.17) is 34.9 Å².